The highest BCUT2D eigenvalue weighted by molar-refractivity contribution is 5.93. The van der Waals surface area contributed by atoms with E-state index in [2.05, 4.69) is 19.2 Å². The number of nitrogens with one attached hydrogen (secondary N) is 1. The molecule has 3 N–H and O–H groups in total. The van der Waals surface area contributed by atoms with Crippen molar-refractivity contribution in [3.8, 4) is 0 Å². The molecule has 1 fully saturated rings. The summed E-state index contributed by atoms with van der Waals surface area (Å²) < 4.78 is 5.71. The molecule has 1 aromatic rings. The van der Waals surface area contributed by atoms with Crippen LogP contribution >= 0.6 is 0 Å². The van der Waals surface area contributed by atoms with Crippen LogP contribution in [0.4, 0.5) is 5.69 Å². The molecule has 1 saturated heterocycles. The SMILES string of the molecule is Cc1cc(C(N)=O)ccc1NC1CCOC(C)(C)C1. The molecule has 1 unspecified atom stereocenters. The van der Waals surface area contributed by atoms with Gasteiger partial charge in [0, 0.05) is 23.9 Å². The van der Waals surface area contributed by atoms with Crippen molar-refractivity contribution >= 4 is 11.6 Å². The van der Waals surface area contributed by atoms with E-state index in [9.17, 15) is 4.79 Å². The predicted octanol–water partition coefficient (Wildman–Crippen LogP) is 2.46. The van der Waals surface area contributed by atoms with Crippen LogP contribution < -0.4 is 11.1 Å². The van der Waals surface area contributed by atoms with Crippen molar-refractivity contribution in [3.63, 3.8) is 0 Å². The Bertz CT molecular complexity index is 483. The van der Waals surface area contributed by atoms with Crippen LogP contribution in [0.3, 0.4) is 0 Å². The Hall–Kier alpha value is -1.55. The van der Waals surface area contributed by atoms with Crippen molar-refractivity contribution < 1.29 is 9.53 Å². The number of rotatable bonds is 3. The normalized spacial score (nSPS) is 21.9. The zero-order valence-corrected chi connectivity index (χ0v) is 11.8. The molecule has 19 heavy (non-hydrogen) atoms. The maximum absolute atomic E-state index is 11.1. The standard InChI is InChI=1S/C15H22N2O2/c1-10-8-11(14(16)18)4-5-13(10)17-12-6-7-19-15(2,3)9-12/h4-5,8,12,17H,6-7,9H2,1-3H3,(H2,16,18). The third-order valence-electron chi connectivity index (χ3n) is 3.57. The maximum atomic E-state index is 11.1. The highest BCUT2D eigenvalue weighted by Gasteiger charge is 2.28. The van der Waals surface area contributed by atoms with Gasteiger partial charge in [0.1, 0.15) is 0 Å². The smallest absolute Gasteiger partial charge is 0.248 e. The number of aryl methyl sites for hydroxylation is 1. The van der Waals surface area contributed by atoms with Gasteiger partial charge in [0.2, 0.25) is 5.91 Å². The summed E-state index contributed by atoms with van der Waals surface area (Å²) in [5.41, 5.74) is 7.86. The molecule has 2 rings (SSSR count). The first kappa shape index (κ1) is 13.9. The van der Waals surface area contributed by atoms with Crippen molar-refractivity contribution in [2.45, 2.75) is 45.3 Å². The maximum Gasteiger partial charge on any atom is 0.248 e. The van der Waals surface area contributed by atoms with Crippen LogP contribution in [-0.4, -0.2) is 24.2 Å². The summed E-state index contributed by atoms with van der Waals surface area (Å²) in [6.45, 7) is 7.00. The van der Waals surface area contributed by atoms with E-state index in [1.807, 2.05) is 19.1 Å². The van der Waals surface area contributed by atoms with Crippen molar-refractivity contribution in [2.24, 2.45) is 5.73 Å². The summed E-state index contributed by atoms with van der Waals surface area (Å²) in [6.07, 6.45) is 1.98. The van der Waals surface area contributed by atoms with Gasteiger partial charge in [-0.1, -0.05) is 0 Å². The zero-order chi connectivity index (χ0) is 14.0. The quantitative estimate of drug-likeness (QED) is 0.879. The first-order chi connectivity index (χ1) is 8.87. The number of benzene rings is 1. The van der Waals surface area contributed by atoms with Gasteiger partial charge in [0.15, 0.2) is 0 Å². The molecule has 0 saturated carbocycles. The van der Waals surface area contributed by atoms with Crippen molar-refractivity contribution in [2.75, 3.05) is 11.9 Å². The first-order valence-electron chi connectivity index (χ1n) is 6.68. The lowest BCUT2D eigenvalue weighted by atomic mass is 9.93. The van der Waals surface area contributed by atoms with Crippen LogP contribution in [0.2, 0.25) is 0 Å². The van der Waals surface area contributed by atoms with Crippen LogP contribution in [0, 0.1) is 6.92 Å². The second-order valence-corrected chi connectivity index (χ2v) is 5.84. The number of carbonyl (C=O) groups is 1. The minimum Gasteiger partial charge on any atom is -0.382 e. The highest BCUT2D eigenvalue weighted by Crippen LogP contribution is 2.27. The molecule has 0 aliphatic carbocycles. The molecule has 0 aromatic heterocycles. The van der Waals surface area contributed by atoms with Crippen LogP contribution in [0.15, 0.2) is 18.2 Å². The number of amides is 1. The lowest BCUT2D eigenvalue weighted by Crippen LogP contribution is -2.40. The minimum absolute atomic E-state index is 0.0724. The number of carbonyl (C=O) groups excluding carboxylic acids is 1. The average Bonchev–Trinajstić information content (AvgIpc) is 2.30. The fourth-order valence-corrected chi connectivity index (χ4v) is 2.55. The Balaban J connectivity index is 2.09. The largest absolute Gasteiger partial charge is 0.382 e. The number of hydrogen-bond donors (Lipinski definition) is 2. The van der Waals surface area contributed by atoms with Crippen molar-refractivity contribution in [3.05, 3.63) is 29.3 Å². The molecule has 1 aliphatic heterocycles. The predicted molar refractivity (Wildman–Crippen MR) is 76.4 cm³/mol. The van der Waals surface area contributed by atoms with Gasteiger partial charge >= 0.3 is 0 Å². The van der Waals surface area contributed by atoms with Crippen LogP contribution in [0.1, 0.15) is 42.6 Å². The molecular formula is C15H22N2O2. The average molecular weight is 262 g/mol. The van der Waals surface area contributed by atoms with Gasteiger partial charge in [-0.25, -0.2) is 0 Å². The molecule has 1 amide bonds. The van der Waals surface area contributed by atoms with Gasteiger partial charge in [0.05, 0.1) is 5.60 Å². The van der Waals surface area contributed by atoms with Crippen molar-refractivity contribution in [1.29, 1.82) is 0 Å². The molecule has 4 nitrogen and oxygen atoms in total. The Morgan fingerprint density at radius 2 is 2.21 bits per heavy atom. The molecule has 0 radical (unpaired) electrons. The summed E-state index contributed by atoms with van der Waals surface area (Å²) in [7, 11) is 0. The van der Waals surface area contributed by atoms with Gasteiger partial charge in [0.25, 0.3) is 0 Å². The topological polar surface area (TPSA) is 64.4 Å². The first-order valence-corrected chi connectivity index (χ1v) is 6.68. The Labute approximate surface area is 114 Å². The fourth-order valence-electron chi connectivity index (χ4n) is 2.55. The van der Waals surface area contributed by atoms with Gasteiger partial charge in [-0.2, -0.15) is 0 Å². The van der Waals surface area contributed by atoms with E-state index in [0.29, 0.717) is 11.6 Å². The number of primary amides is 1. The second-order valence-electron chi connectivity index (χ2n) is 5.84. The van der Waals surface area contributed by atoms with E-state index in [0.717, 1.165) is 30.7 Å². The molecule has 1 heterocycles. The highest BCUT2D eigenvalue weighted by atomic mass is 16.5. The molecule has 1 aliphatic rings. The molecule has 0 spiro atoms. The lowest BCUT2D eigenvalue weighted by molar-refractivity contribution is -0.0553. The summed E-state index contributed by atoms with van der Waals surface area (Å²) in [5.74, 6) is -0.387. The van der Waals surface area contributed by atoms with E-state index in [1.54, 1.807) is 6.07 Å². The van der Waals surface area contributed by atoms with Gasteiger partial charge in [-0.15, -0.1) is 0 Å². The Morgan fingerprint density at radius 3 is 2.79 bits per heavy atom. The third kappa shape index (κ3) is 3.47. The molecule has 0 bridgehead atoms. The van der Waals surface area contributed by atoms with Gasteiger partial charge < -0.3 is 15.8 Å². The number of ether oxygens (including phenoxy) is 1. The number of hydrogen-bond acceptors (Lipinski definition) is 3. The summed E-state index contributed by atoms with van der Waals surface area (Å²) in [4.78, 5) is 11.1. The van der Waals surface area contributed by atoms with Gasteiger partial charge in [-0.05, 0) is 57.4 Å². The van der Waals surface area contributed by atoms with Crippen LogP contribution in [0.25, 0.3) is 0 Å². The third-order valence-corrected chi connectivity index (χ3v) is 3.57. The molecule has 4 heteroatoms. The number of nitrogens with two attached hydrogens (primary N) is 1. The van der Waals surface area contributed by atoms with E-state index in [-0.39, 0.29) is 11.5 Å². The monoisotopic (exact) mass is 262 g/mol. The van der Waals surface area contributed by atoms with Crippen LogP contribution in [0.5, 0.6) is 0 Å². The van der Waals surface area contributed by atoms with Crippen molar-refractivity contribution in [1.82, 2.24) is 0 Å². The second kappa shape index (κ2) is 5.21. The summed E-state index contributed by atoms with van der Waals surface area (Å²) in [5, 5.41) is 3.54. The van der Waals surface area contributed by atoms with Crippen LogP contribution in [-0.2, 0) is 4.74 Å². The van der Waals surface area contributed by atoms with Gasteiger partial charge in [-0.3, -0.25) is 4.79 Å². The summed E-state index contributed by atoms with van der Waals surface area (Å²) in [6, 6.07) is 5.93. The summed E-state index contributed by atoms with van der Waals surface area (Å²) >= 11 is 0. The minimum atomic E-state index is -0.387. The Morgan fingerprint density at radius 1 is 1.47 bits per heavy atom. The fraction of sp³-hybridized carbons (Fsp3) is 0.533. The molecular weight excluding hydrogens is 240 g/mol. The zero-order valence-electron chi connectivity index (χ0n) is 11.8. The van der Waals surface area contributed by atoms with E-state index in [4.69, 9.17) is 10.5 Å². The van der Waals surface area contributed by atoms with E-state index < -0.39 is 0 Å². The molecule has 1 atom stereocenters. The Kier molecular flexibility index (Phi) is 3.80. The lowest BCUT2D eigenvalue weighted by Gasteiger charge is -2.36. The van der Waals surface area contributed by atoms with E-state index >= 15 is 0 Å². The molecule has 1 aromatic carbocycles. The molecule has 104 valence electrons. The van der Waals surface area contributed by atoms with E-state index in [1.165, 1.54) is 0 Å². The number of anilines is 1.